The number of piperidine rings is 1. The number of hydrogen-bond acceptors (Lipinski definition) is 6. The summed E-state index contributed by atoms with van der Waals surface area (Å²) in [6.45, 7) is 0.991. The highest BCUT2D eigenvalue weighted by atomic mass is 32.2. The van der Waals surface area contributed by atoms with Crippen molar-refractivity contribution in [3.8, 4) is 0 Å². The van der Waals surface area contributed by atoms with Crippen LogP contribution in [0.15, 0.2) is 21.6 Å². The molecule has 0 atom stereocenters. The Morgan fingerprint density at radius 1 is 1.07 bits per heavy atom. The molecule has 0 bridgehead atoms. The van der Waals surface area contributed by atoms with Gasteiger partial charge in [0.1, 0.15) is 0 Å². The number of aryl methyl sites for hydroxylation is 2. The minimum absolute atomic E-state index is 0.0176. The van der Waals surface area contributed by atoms with Crippen molar-refractivity contribution in [1.29, 1.82) is 0 Å². The van der Waals surface area contributed by atoms with Crippen LogP contribution in [0.4, 0.5) is 5.13 Å². The molecule has 1 aliphatic carbocycles. The van der Waals surface area contributed by atoms with Gasteiger partial charge < -0.3 is 4.42 Å². The predicted molar refractivity (Wildman–Crippen MR) is 103 cm³/mol. The van der Waals surface area contributed by atoms with Crippen molar-refractivity contribution in [2.24, 2.45) is 0 Å². The smallest absolute Gasteiger partial charge is 0.293 e. The second-order valence-corrected chi connectivity index (χ2v) is 9.94. The molecule has 146 valence electrons. The van der Waals surface area contributed by atoms with Crippen LogP contribution in [-0.2, 0) is 22.9 Å². The van der Waals surface area contributed by atoms with E-state index in [1.807, 2.05) is 0 Å². The van der Waals surface area contributed by atoms with Gasteiger partial charge >= 0.3 is 0 Å². The van der Waals surface area contributed by atoms with E-state index in [9.17, 15) is 13.2 Å². The van der Waals surface area contributed by atoms with Gasteiger partial charge in [0, 0.05) is 18.0 Å². The standard InChI is InChI=1S/C18H23N3O4S2/c22-17(20-18-19-13-7-3-1-4-8-15(13)26-18)14-9-10-16(25-14)27(23,24)21-11-5-2-6-12-21/h9-10H,1-8,11-12H2,(H,19,20,22). The summed E-state index contributed by atoms with van der Waals surface area (Å²) >= 11 is 1.50. The highest BCUT2D eigenvalue weighted by Crippen LogP contribution is 2.29. The molecule has 3 heterocycles. The molecule has 2 aliphatic rings. The zero-order valence-electron chi connectivity index (χ0n) is 15.1. The van der Waals surface area contributed by atoms with Crippen molar-refractivity contribution >= 4 is 32.4 Å². The lowest BCUT2D eigenvalue weighted by atomic mass is 10.2. The van der Waals surface area contributed by atoms with Gasteiger partial charge in [0.15, 0.2) is 10.9 Å². The second kappa shape index (κ2) is 7.73. The molecule has 0 aromatic carbocycles. The van der Waals surface area contributed by atoms with Gasteiger partial charge in [-0.15, -0.1) is 11.3 Å². The summed E-state index contributed by atoms with van der Waals surface area (Å²) in [5.41, 5.74) is 1.07. The number of thiazole rings is 1. The Hall–Kier alpha value is -1.71. The molecule has 1 amide bonds. The number of fused-ring (bicyclic) bond motifs is 1. The van der Waals surface area contributed by atoms with E-state index >= 15 is 0 Å². The van der Waals surface area contributed by atoms with Crippen LogP contribution in [0.5, 0.6) is 0 Å². The number of aromatic nitrogens is 1. The summed E-state index contributed by atoms with van der Waals surface area (Å²) in [5, 5.41) is 3.12. The summed E-state index contributed by atoms with van der Waals surface area (Å²) in [6, 6.07) is 2.76. The lowest BCUT2D eigenvalue weighted by molar-refractivity contribution is 0.0991. The van der Waals surface area contributed by atoms with Crippen LogP contribution in [0.1, 0.15) is 59.7 Å². The van der Waals surface area contributed by atoms with E-state index in [0.29, 0.717) is 18.2 Å². The average Bonchev–Trinajstić information content (AvgIpc) is 3.26. The topological polar surface area (TPSA) is 92.5 Å². The lowest BCUT2D eigenvalue weighted by Crippen LogP contribution is -2.35. The Morgan fingerprint density at radius 2 is 1.81 bits per heavy atom. The molecule has 9 heteroatoms. The van der Waals surface area contributed by atoms with Gasteiger partial charge in [0.2, 0.25) is 5.09 Å². The molecule has 1 fully saturated rings. The highest BCUT2D eigenvalue weighted by Gasteiger charge is 2.30. The molecule has 0 saturated carbocycles. The molecule has 2 aromatic rings. The van der Waals surface area contributed by atoms with E-state index in [-0.39, 0.29) is 10.9 Å². The van der Waals surface area contributed by atoms with Gasteiger partial charge in [-0.1, -0.05) is 12.8 Å². The first kappa shape index (κ1) is 18.6. The quantitative estimate of drug-likeness (QED) is 0.781. The third-order valence-corrected chi connectivity index (χ3v) is 7.88. The fourth-order valence-electron chi connectivity index (χ4n) is 3.55. The van der Waals surface area contributed by atoms with Gasteiger partial charge in [-0.25, -0.2) is 13.4 Å². The molecule has 0 unspecified atom stereocenters. The molecule has 0 spiro atoms. The van der Waals surface area contributed by atoms with Crippen molar-refractivity contribution in [3.05, 3.63) is 28.5 Å². The number of sulfonamides is 1. The first-order valence-electron chi connectivity index (χ1n) is 9.44. The zero-order chi connectivity index (χ0) is 18.9. The lowest BCUT2D eigenvalue weighted by Gasteiger charge is -2.24. The van der Waals surface area contributed by atoms with Crippen LogP contribution < -0.4 is 5.32 Å². The van der Waals surface area contributed by atoms with Crippen LogP contribution in [0, 0.1) is 0 Å². The Labute approximate surface area is 162 Å². The number of hydrogen-bond donors (Lipinski definition) is 1. The Morgan fingerprint density at radius 3 is 2.63 bits per heavy atom. The third kappa shape index (κ3) is 3.95. The molecule has 27 heavy (non-hydrogen) atoms. The Kier molecular flexibility index (Phi) is 5.34. The van der Waals surface area contributed by atoms with Crippen LogP contribution in [0.25, 0.3) is 0 Å². The van der Waals surface area contributed by atoms with Gasteiger partial charge in [0.05, 0.1) is 5.69 Å². The number of carbonyl (C=O) groups is 1. The first-order chi connectivity index (χ1) is 13.0. The molecule has 1 N–H and O–H groups in total. The molecule has 1 saturated heterocycles. The molecular formula is C18H23N3O4S2. The zero-order valence-corrected chi connectivity index (χ0v) is 16.7. The number of furan rings is 1. The Balaban J connectivity index is 1.47. The largest absolute Gasteiger partial charge is 0.438 e. The van der Waals surface area contributed by atoms with E-state index in [1.165, 1.54) is 39.1 Å². The summed E-state index contributed by atoms with van der Waals surface area (Å²) in [7, 11) is -3.68. The maximum absolute atomic E-state index is 12.6. The van der Waals surface area contributed by atoms with Crippen molar-refractivity contribution in [2.75, 3.05) is 18.4 Å². The second-order valence-electron chi connectivity index (χ2n) is 6.99. The van der Waals surface area contributed by atoms with Crippen LogP contribution in [0.2, 0.25) is 0 Å². The van der Waals surface area contributed by atoms with E-state index in [4.69, 9.17) is 4.42 Å². The maximum Gasteiger partial charge on any atom is 0.293 e. The molecule has 1 aliphatic heterocycles. The number of nitrogens with one attached hydrogen (secondary N) is 1. The fraction of sp³-hybridized carbons (Fsp3) is 0.556. The molecular weight excluding hydrogens is 386 g/mol. The van der Waals surface area contributed by atoms with Crippen molar-refractivity contribution in [2.45, 2.75) is 56.5 Å². The number of nitrogens with zero attached hydrogens (tertiary/aromatic N) is 2. The molecule has 7 nitrogen and oxygen atoms in total. The monoisotopic (exact) mass is 409 g/mol. The molecule has 2 aromatic heterocycles. The van der Waals surface area contributed by atoms with Crippen LogP contribution in [-0.4, -0.2) is 36.7 Å². The van der Waals surface area contributed by atoms with Crippen LogP contribution in [0.3, 0.4) is 0 Å². The van der Waals surface area contributed by atoms with E-state index in [0.717, 1.165) is 50.6 Å². The Bertz CT molecular complexity index is 903. The molecule has 4 rings (SSSR count). The van der Waals surface area contributed by atoms with Crippen molar-refractivity contribution < 1.29 is 17.6 Å². The van der Waals surface area contributed by atoms with Gasteiger partial charge in [-0.05, 0) is 50.7 Å². The van der Waals surface area contributed by atoms with E-state index in [2.05, 4.69) is 10.3 Å². The van der Waals surface area contributed by atoms with Gasteiger partial charge in [-0.2, -0.15) is 4.31 Å². The SMILES string of the molecule is O=C(Nc1nc2c(s1)CCCCC2)c1ccc(S(=O)(=O)N2CCCCC2)o1. The van der Waals surface area contributed by atoms with Gasteiger partial charge in [0.25, 0.3) is 15.9 Å². The highest BCUT2D eigenvalue weighted by molar-refractivity contribution is 7.89. The van der Waals surface area contributed by atoms with Crippen molar-refractivity contribution in [3.63, 3.8) is 0 Å². The summed E-state index contributed by atoms with van der Waals surface area (Å²) in [6.07, 6.45) is 8.17. The van der Waals surface area contributed by atoms with E-state index in [1.54, 1.807) is 0 Å². The summed E-state index contributed by atoms with van der Waals surface area (Å²) in [4.78, 5) is 18.2. The minimum atomic E-state index is -3.68. The summed E-state index contributed by atoms with van der Waals surface area (Å²) in [5.74, 6) is -0.491. The maximum atomic E-state index is 12.6. The third-order valence-electron chi connectivity index (χ3n) is 5.03. The number of rotatable bonds is 4. The number of anilines is 1. The predicted octanol–water partition coefficient (Wildman–Crippen LogP) is 3.43. The average molecular weight is 410 g/mol. The summed E-state index contributed by atoms with van der Waals surface area (Å²) < 4.78 is 32.1. The number of amides is 1. The molecule has 0 radical (unpaired) electrons. The first-order valence-corrected chi connectivity index (χ1v) is 11.7. The van der Waals surface area contributed by atoms with E-state index < -0.39 is 15.9 Å². The normalized spacial score (nSPS) is 18.7. The fourth-order valence-corrected chi connectivity index (χ4v) is 6.03. The van der Waals surface area contributed by atoms with Gasteiger partial charge in [-0.3, -0.25) is 10.1 Å². The van der Waals surface area contributed by atoms with Crippen molar-refractivity contribution in [1.82, 2.24) is 9.29 Å². The van der Waals surface area contributed by atoms with Crippen LogP contribution >= 0.6 is 11.3 Å². The minimum Gasteiger partial charge on any atom is -0.438 e. The number of carbonyl (C=O) groups excluding carboxylic acids is 1.